The van der Waals surface area contributed by atoms with Crippen molar-refractivity contribution in [2.24, 2.45) is 5.92 Å². The van der Waals surface area contributed by atoms with Crippen molar-refractivity contribution >= 4 is 44.2 Å². The number of fused-ring (bicyclic) bond motifs is 1. The van der Waals surface area contributed by atoms with E-state index in [1.165, 1.54) is 11.3 Å². The second kappa shape index (κ2) is 9.61. The van der Waals surface area contributed by atoms with Crippen molar-refractivity contribution in [2.45, 2.75) is 19.9 Å². The zero-order valence-corrected chi connectivity index (χ0v) is 19.6. The smallest absolute Gasteiger partial charge is 0.234 e. The van der Waals surface area contributed by atoms with Crippen molar-refractivity contribution in [3.63, 3.8) is 0 Å². The SMILES string of the molecule is CCOc1cccc2sc(N(Cc3ccccn3)C(=O)C3CC(=O)N(c4ccccc4)C3)nc12. The molecule has 0 aliphatic carbocycles. The summed E-state index contributed by atoms with van der Waals surface area (Å²) < 4.78 is 6.68. The van der Waals surface area contributed by atoms with Crippen molar-refractivity contribution in [1.29, 1.82) is 0 Å². The first-order chi connectivity index (χ1) is 16.6. The van der Waals surface area contributed by atoms with Gasteiger partial charge in [-0.05, 0) is 43.3 Å². The Balaban J connectivity index is 1.48. The predicted molar refractivity (Wildman–Crippen MR) is 133 cm³/mol. The van der Waals surface area contributed by atoms with Gasteiger partial charge in [-0.2, -0.15) is 0 Å². The van der Waals surface area contributed by atoms with Gasteiger partial charge in [0.2, 0.25) is 11.8 Å². The highest BCUT2D eigenvalue weighted by molar-refractivity contribution is 7.22. The van der Waals surface area contributed by atoms with Crippen LogP contribution in [0.4, 0.5) is 10.8 Å². The topological polar surface area (TPSA) is 75.6 Å². The number of carbonyl (C=O) groups is 2. The third-order valence-corrected chi connectivity index (χ3v) is 6.80. The minimum Gasteiger partial charge on any atom is -0.492 e. The van der Waals surface area contributed by atoms with E-state index in [1.807, 2.05) is 73.7 Å². The zero-order valence-electron chi connectivity index (χ0n) is 18.8. The lowest BCUT2D eigenvalue weighted by Gasteiger charge is -2.23. The molecule has 172 valence electrons. The number of hydrogen-bond acceptors (Lipinski definition) is 6. The Hall–Kier alpha value is -3.78. The first kappa shape index (κ1) is 22.0. The minimum absolute atomic E-state index is 0.0507. The fraction of sp³-hybridized carbons (Fsp3) is 0.231. The standard InChI is InChI=1S/C26H24N4O3S/c1-2-33-21-12-8-13-22-24(21)28-26(34-22)30(17-19-9-6-7-14-27-19)25(32)18-15-23(31)29(16-18)20-10-4-3-5-11-20/h3-14,18H,2,15-17H2,1H3. The summed E-state index contributed by atoms with van der Waals surface area (Å²) in [6.07, 6.45) is 1.88. The van der Waals surface area contributed by atoms with E-state index in [9.17, 15) is 9.59 Å². The van der Waals surface area contributed by atoms with Crippen molar-refractivity contribution < 1.29 is 14.3 Å². The quantitative estimate of drug-likeness (QED) is 0.391. The number of ether oxygens (including phenoxy) is 1. The number of anilines is 2. The molecule has 1 atom stereocenters. The molecular weight excluding hydrogens is 448 g/mol. The van der Waals surface area contributed by atoms with Crippen LogP contribution in [-0.2, 0) is 16.1 Å². The highest BCUT2D eigenvalue weighted by atomic mass is 32.1. The molecule has 34 heavy (non-hydrogen) atoms. The van der Waals surface area contributed by atoms with Gasteiger partial charge in [-0.25, -0.2) is 4.98 Å². The molecule has 7 nitrogen and oxygen atoms in total. The number of nitrogens with zero attached hydrogens (tertiary/aromatic N) is 4. The monoisotopic (exact) mass is 472 g/mol. The van der Waals surface area contributed by atoms with Crippen molar-refractivity contribution in [3.8, 4) is 5.75 Å². The molecule has 0 radical (unpaired) electrons. The lowest BCUT2D eigenvalue weighted by molar-refractivity contribution is -0.124. The van der Waals surface area contributed by atoms with E-state index in [2.05, 4.69) is 4.98 Å². The molecule has 5 rings (SSSR count). The number of carbonyl (C=O) groups excluding carboxylic acids is 2. The molecule has 0 bridgehead atoms. The predicted octanol–water partition coefficient (Wildman–Crippen LogP) is 4.68. The average molecular weight is 473 g/mol. The van der Waals surface area contributed by atoms with Gasteiger partial charge in [0.05, 0.1) is 29.5 Å². The fourth-order valence-electron chi connectivity index (χ4n) is 4.14. The van der Waals surface area contributed by atoms with Crippen LogP contribution < -0.4 is 14.5 Å². The van der Waals surface area contributed by atoms with E-state index >= 15 is 0 Å². The highest BCUT2D eigenvalue weighted by Gasteiger charge is 2.38. The first-order valence-electron chi connectivity index (χ1n) is 11.2. The van der Waals surface area contributed by atoms with E-state index in [0.29, 0.717) is 24.0 Å². The van der Waals surface area contributed by atoms with Crippen LogP contribution in [-0.4, -0.2) is 34.9 Å². The number of para-hydroxylation sites is 2. The molecular formula is C26H24N4O3S. The van der Waals surface area contributed by atoms with Gasteiger partial charge in [0.25, 0.3) is 0 Å². The Morgan fingerprint density at radius 2 is 1.94 bits per heavy atom. The number of thiazole rings is 1. The molecule has 4 aromatic rings. The van der Waals surface area contributed by atoms with Gasteiger partial charge in [-0.15, -0.1) is 0 Å². The maximum atomic E-state index is 13.8. The second-order valence-corrected chi connectivity index (χ2v) is 9.03. The molecule has 1 aliphatic heterocycles. The van der Waals surface area contributed by atoms with E-state index < -0.39 is 5.92 Å². The Labute approximate surface area is 201 Å². The lowest BCUT2D eigenvalue weighted by atomic mass is 10.1. The van der Waals surface area contributed by atoms with Crippen LogP contribution in [0, 0.1) is 5.92 Å². The largest absolute Gasteiger partial charge is 0.492 e. The molecule has 1 saturated heterocycles. The van der Waals surface area contributed by atoms with E-state index in [0.717, 1.165) is 21.6 Å². The first-order valence-corrected chi connectivity index (χ1v) is 12.0. The summed E-state index contributed by atoms with van der Waals surface area (Å²) in [5.41, 5.74) is 2.29. The van der Waals surface area contributed by atoms with E-state index in [1.54, 1.807) is 16.0 Å². The van der Waals surface area contributed by atoms with Crippen LogP contribution in [0.25, 0.3) is 10.2 Å². The minimum atomic E-state index is -0.463. The molecule has 8 heteroatoms. The number of pyridine rings is 1. The van der Waals surface area contributed by atoms with Crippen LogP contribution in [0.3, 0.4) is 0 Å². The van der Waals surface area contributed by atoms with Gasteiger partial charge < -0.3 is 9.64 Å². The second-order valence-electron chi connectivity index (χ2n) is 8.02. The Morgan fingerprint density at radius 3 is 2.71 bits per heavy atom. The third kappa shape index (κ3) is 4.36. The number of aromatic nitrogens is 2. The van der Waals surface area contributed by atoms with Crippen LogP contribution in [0.15, 0.2) is 72.9 Å². The Morgan fingerprint density at radius 1 is 1.12 bits per heavy atom. The number of hydrogen-bond donors (Lipinski definition) is 0. The van der Waals surface area contributed by atoms with Gasteiger partial charge in [0, 0.05) is 24.8 Å². The highest BCUT2D eigenvalue weighted by Crippen LogP contribution is 2.36. The summed E-state index contributed by atoms with van der Waals surface area (Å²) in [5.74, 6) is 0.0496. The van der Waals surface area contributed by atoms with Crippen LogP contribution >= 0.6 is 11.3 Å². The Bertz CT molecular complexity index is 1310. The van der Waals surface area contributed by atoms with Crippen molar-refractivity contribution in [2.75, 3.05) is 23.0 Å². The van der Waals surface area contributed by atoms with Crippen LogP contribution in [0.2, 0.25) is 0 Å². The van der Waals surface area contributed by atoms with Crippen molar-refractivity contribution in [3.05, 3.63) is 78.6 Å². The van der Waals surface area contributed by atoms with Crippen molar-refractivity contribution in [1.82, 2.24) is 9.97 Å². The van der Waals surface area contributed by atoms with Crippen LogP contribution in [0.5, 0.6) is 5.75 Å². The molecule has 2 aromatic heterocycles. The summed E-state index contributed by atoms with van der Waals surface area (Å²) in [4.78, 5) is 39.1. The van der Waals surface area contributed by atoms with Gasteiger partial charge in [-0.1, -0.05) is 41.7 Å². The molecule has 2 amide bonds. The molecule has 1 unspecified atom stereocenters. The summed E-state index contributed by atoms with van der Waals surface area (Å²) in [6.45, 7) is 3.08. The zero-order chi connectivity index (χ0) is 23.5. The van der Waals surface area contributed by atoms with E-state index in [4.69, 9.17) is 9.72 Å². The molecule has 2 aromatic carbocycles. The molecule has 1 aliphatic rings. The maximum absolute atomic E-state index is 13.8. The number of amides is 2. The number of benzene rings is 2. The third-order valence-electron chi connectivity index (χ3n) is 5.76. The summed E-state index contributed by atoms with van der Waals surface area (Å²) in [5, 5.41) is 0.573. The summed E-state index contributed by atoms with van der Waals surface area (Å²) in [7, 11) is 0. The van der Waals surface area contributed by atoms with Gasteiger partial charge in [-0.3, -0.25) is 19.5 Å². The fourth-order valence-corrected chi connectivity index (χ4v) is 5.13. The average Bonchev–Trinajstić information content (AvgIpc) is 3.48. The summed E-state index contributed by atoms with van der Waals surface area (Å²) >= 11 is 1.44. The normalized spacial score (nSPS) is 15.6. The number of rotatable bonds is 7. The van der Waals surface area contributed by atoms with Gasteiger partial charge in [0.15, 0.2) is 5.13 Å². The van der Waals surface area contributed by atoms with Crippen LogP contribution in [0.1, 0.15) is 19.0 Å². The Kier molecular flexibility index (Phi) is 6.22. The molecule has 0 spiro atoms. The van der Waals surface area contributed by atoms with Gasteiger partial charge >= 0.3 is 0 Å². The molecule has 3 heterocycles. The maximum Gasteiger partial charge on any atom is 0.234 e. The van der Waals surface area contributed by atoms with E-state index in [-0.39, 0.29) is 24.8 Å². The molecule has 1 fully saturated rings. The molecule has 0 N–H and O–H groups in total. The summed E-state index contributed by atoms with van der Waals surface area (Å²) in [6, 6.07) is 20.9. The van der Waals surface area contributed by atoms with Gasteiger partial charge in [0.1, 0.15) is 11.3 Å². The lowest BCUT2D eigenvalue weighted by Crippen LogP contribution is -2.37. The molecule has 0 saturated carbocycles.